The van der Waals surface area contributed by atoms with Crippen LogP contribution in [-0.4, -0.2) is 43.7 Å². The summed E-state index contributed by atoms with van der Waals surface area (Å²) in [6.45, 7) is 4.31. The number of carbonyl (C=O) groups is 2. The predicted octanol–water partition coefficient (Wildman–Crippen LogP) is 1.04. The number of carbonyl (C=O) groups excluding carboxylic acids is 2. The molecule has 2 rings (SSSR count). The first kappa shape index (κ1) is 17.3. The minimum absolute atomic E-state index is 0.111. The van der Waals surface area contributed by atoms with Crippen LogP contribution in [0.15, 0.2) is 24.3 Å². The second kappa shape index (κ2) is 7.97. The van der Waals surface area contributed by atoms with Crippen LogP contribution < -0.4 is 15.4 Å². The van der Waals surface area contributed by atoms with Gasteiger partial charge in [-0.25, -0.2) is 0 Å². The number of nitrogens with one attached hydrogen (secondary N) is 2. The Kier molecular flexibility index (Phi) is 5.98. The molecule has 1 aromatic rings. The highest BCUT2D eigenvalue weighted by atomic mass is 16.5. The van der Waals surface area contributed by atoms with Crippen molar-refractivity contribution >= 4 is 11.8 Å². The molecule has 2 amide bonds. The maximum Gasteiger partial charge on any atom is 0.243 e. The molecule has 2 N–H and O–H groups in total. The molecule has 0 aliphatic carbocycles. The number of amides is 2. The third-order valence-electron chi connectivity index (χ3n) is 3.72. The van der Waals surface area contributed by atoms with Crippen molar-refractivity contribution in [3.8, 4) is 5.75 Å². The van der Waals surface area contributed by atoms with Crippen molar-refractivity contribution in [1.29, 1.82) is 0 Å². The highest BCUT2D eigenvalue weighted by Gasteiger charge is 2.33. The normalized spacial score (nSPS) is 21.0. The molecule has 0 spiro atoms. The molecule has 1 aliphatic heterocycles. The average molecular weight is 320 g/mol. The number of ether oxygens (including phenoxy) is 2. The van der Waals surface area contributed by atoms with Crippen LogP contribution >= 0.6 is 0 Å². The van der Waals surface area contributed by atoms with Gasteiger partial charge in [0.15, 0.2) is 0 Å². The summed E-state index contributed by atoms with van der Waals surface area (Å²) in [7, 11) is 1.60. The summed E-state index contributed by atoms with van der Waals surface area (Å²) in [6, 6.07) is 6.39. The molecule has 0 saturated carbocycles. The number of methoxy groups -OCH3 is 1. The van der Waals surface area contributed by atoms with Crippen LogP contribution in [0.5, 0.6) is 5.75 Å². The Morgan fingerprint density at radius 3 is 2.26 bits per heavy atom. The molecule has 1 fully saturated rings. The molecule has 0 bridgehead atoms. The quantitative estimate of drug-likeness (QED) is 0.787. The molecule has 126 valence electrons. The second-order valence-corrected chi connectivity index (χ2v) is 5.88. The molecule has 1 aromatic carbocycles. The van der Waals surface area contributed by atoms with Crippen molar-refractivity contribution in [2.45, 2.75) is 44.9 Å². The zero-order valence-corrected chi connectivity index (χ0v) is 13.8. The largest absolute Gasteiger partial charge is 0.497 e. The van der Waals surface area contributed by atoms with Crippen molar-refractivity contribution in [3.05, 3.63) is 29.8 Å². The fourth-order valence-corrected chi connectivity index (χ4v) is 2.44. The fraction of sp³-hybridized carbons (Fsp3) is 0.529. The van der Waals surface area contributed by atoms with Crippen molar-refractivity contribution in [2.75, 3.05) is 13.7 Å². The maximum atomic E-state index is 12.2. The van der Waals surface area contributed by atoms with E-state index in [9.17, 15) is 9.59 Å². The SMILES string of the molecule is COc1ccc(C[C@@H]2NC(=O)C(CCOC(C)C)NC2=O)cc1. The first-order valence-electron chi connectivity index (χ1n) is 7.85. The van der Waals surface area contributed by atoms with Crippen LogP contribution in [0, 0.1) is 0 Å². The van der Waals surface area contributed by atoms with E-state index in [-0.39, 0.29) is 17.9 Å². The van der Waals surface area contributed by atoms with E-state index < -0.39 is 12.1 Å². The topological polar surface area (TPSA) is 76.7 Å². The predicted molar refractivity (Wildman–Crippen MR) is 86.3 cm³/mol. The van der Waals surface area contributed by atoms with Gasteiger partial charge in [0.1, 0.15) is 17.8 Å². The highest BCUT2D eigenvalue weighted by molar-refractivity contribution is 5.97. The Hall–Kier alpha value is -2.08. The summed E-state index contributed by atoms with van der Waals surface area (Å²) in [6.07, 6.45) is 1.04. The van der Waals surface area contributed by atoms with Crippen LogP contribution in [-0.2, 0) is 20.7 Å². The standard InChI is InChI=1S/C17H24N2O4/c1-11(2)23-9-8-14-16(20)19-15(17(21)18-14)10-12-4-6-13(22-3)7-5-12/h4-7,11,14-15H,8-10H2,1-3H3,(H,18,21)(H,19,20)/t14?,15-/m0/s1. The lowest BCUT2D eigenvalue weighted by Gasteiger charge is -2.29. The van der Waals surface area contributed by atoms with E-state index in [1.165, 1.54) is 0 Å². The van der Waals surface area contributed by atoms with Gasteiger partial charge in [0.2, 0.25) is 11.8 Å². The smallest absolute Gasteiger partial charge is 0.243 e. The van der Waals surface area contributed by atoms with E-state index in [0.717, 1.165) is 11.3 Å². The van der Waals surface area contributed by atoms with Gasteiger partial charge in [-0.15, -0.1) is 0 Å². The van der Waals surface area contributed by atoms with E-state index in [1.807, 2.05) is 38.1 Å². The Balaban J connectivity index is 1.88. The second-order valence-electron chi connectivity index (χ2n) is 5.88. The summed E-state index contributed by atoms with van der Waals surface area (Å²) < 4.78 is 10.5. The summed E-state index contributed by atoms with van der Waals surface area (Å²) in [5.41, 5.74) is 0.966. The van der Waals surface area contributed by atoms with E-state index in [4.69, 9.17) is 9.47 Å². The van der Waals surface area contributed by atoms with E-state index in [0.29, 0.717) is 19.4 Å². The van der Waals surface area contributed by atoms with Gasteiger partial charge in [0, 0.05) is 13.0 Å². The van der Waals surface area contributed by atoms with Gasteiger partial charge in [0.25, 0.3) is 0 Å². The highest BCUT2D eigenvalue weighted by Crippen LogP contribution is 2.14. The van der Waals surface area contributed by atoms with E-state index >= 15 is 0 Å². The summed E-state index contributed by atoms with van der Waals surface area (Å²) in [4.78, 5) is 24.3. The number of rotatable bonds is 7. The molecule has 1 unspecified atom stereocenters. The lowest BCUT2D eigenvalue weighted by molar-refractivity contribution is -0.137. The first-order valence-corrected chi connectivity index (χ1v) is 7.85. The molecule has 2 atom stereocenters. The first-order chi connectivity index (χ1) is 11.0. The third-order valence-corrected chi connectivity index (χ3v) is 3.72. The van der Waals surface area contributed by atoms with Gasteiger partial charge in [0.05, 0.1) is 13.2 Å². The Morgan fingerprint density at radius 1 is 1.04 bits per heavy atom. The fourth-order valence-electron chi connectivity index (χ4n) is 2.44. The van der Waals surface area contributed by atoms with Gasteiger partial charge < -0.3 is 20.1 Å². The van der Waals surface area contributed by atoms with Gasteiger partial charge in [-0.1, -0.05) is 12.1 Å². The Bertz CT molecular complexity index is 542. The molecule has 1 aliphatic rings. The summed E-state index contributed by atoms with van der Waals surface area (Å²) in [5.74, 6) is 0.446. The molecular weight excluding hydrogens is 296 g/mol. The molecular formula is C17H24N2O4. The number of hydrogen-bond acceptors (Lipinski definition) is 4. The lowest BCUT2D eigenvalue weighted by Crippen LogP contribution is -2.62. The number of hydrogen-bond donors (Lipinski definition) is 2. The third kappa shape index (κ3) is 4.96. The van der Waals surface area contributed by atoms with Crippen LogP contribution in [0.3, 0.4) is 0 Å². The molecule has 6 heteroatoms. The minimum atomic E-state index is -0.543. The molecule has 0 radical (unpaired) electrons. The van der Waals surface area contributed by atoms with Gasteiger partial charge >= 0.3 is 0 Å². The zero-order chi connectivity index (χ0) is 16.8. The van der Waals surface area contributed by atoms with E-state index in [2.05, 4.69) is 10.6 Å². The number of piperazine rings is 1. The van der Waals surface area contributed by atoms with Crippen molar-refractivity contribution in [1.82, 2.24) is 10.6 Å². The van der Waals surface area contributed by atoms with Crippen molar-refractivity contribution in [3.63, 3.8) is 0 Å². The van der Waals surface area contributed by atoms with Gasteiger partial charge in [-0.3, -0.25) is 9.59 Å². The van der Waals surface area contributed by atoms with Crippen LogP contribution in [0.4, 0.5) is 0 Å². The average Bonchev–Trinajstić information content (AvgIpc) is 2.52. The van der Waals surface area contributed by atoms with Gasteiger partial charge in [-0.2, -0.15) is 0 Å². The van der Waals surface area contributed by atoms with Crippen LogP contribution in [0.2, 0.25) is 0 Å². The van der Waals surface area contributed by atoms with Crippen LogP contribution in [0.1, 0.15) is 25.8 Å². The zero-order valence-electron chi connectivity index (χ0n) is 13.8. The molecule has 1 saturated heterocycles. The molecule has 1 heterocycles. The summed E-state index contributed by atoms with van der Waals surface area (Å²) >= 11 is 0. The minimum Gasteiger partial charge on any atom is -0.497 e. The molecule has 0 aromatic heterocycles. The van der Waals surface area contributed by atoms with Crippen LogP contribution in [0.25, 0.3) is 0 Å². The van der Waals surface area contributed by atoms with E-state index in [1.54, 1.807) is 7.11 Å². The number of benzene rings is 1. The Labute approximate surface area is 136 Å². The molecule has 23 heavy (non-hydrogen) atoms. The monoisotopic (exact) mass is 320 g/mol. The summed E-state index contributed by atoms with van der Waals surface area (Å²) in [5, 5.41) is 5.57. The van der Waals surface area contributed by atoms with Crippen molar-refractivity contribution < 1.29 is 19.1 Å². The van der Waals surface area contributed by atoms with Gasteiger partial charge in [-0.05, 0) is 38.0 Å². The lowest BCUT2D eigenvalue weighted by atomic mass is 10.0. The maximum absolute atomic E-state index is 12.2. The molecule has 6 nitrogen and oxygen atoms in total. The Morgan fingerprint density at radius 2 is 1.65 bits per heavy atom. The van der Waals surface area contributed by atoms with Crippen molar-refractivity contribution in [2.24, 2.45) is 0 Å².